The Morgan fingerprint density at radius 3 is 2.65 bits per heavy atom. The van der Waals surface area contributed by atoms with Gasteiger partial charge in [-0.25, -0.2) is 0 Å². The van der Waals surface area contributed by atoms with Gasteiger partial charge in [-0.05, 0) is 74.4 Å². The smallest absolute Gasteiger partial charge is 0.254 e. The summed E-state index contributed by atoms with van der Waals surface area (Å²) in [4.78, 5) is 17.7. The van der Waals surface area contributed by atoms with Crippen LogP contribution in [0.2, 0.25) is 0 Å². The number of carbonyl (C=O) groups is 1. The van der Waals surface area contributed by atoms with Crippen molar-refractivity contribution in [3.63, 3.8) is 0 Å². The number of carbonyl (C=O) groups excluding carboxylic acids is 1. The van der Waals surface area contributed by atoms with E-state index in [-0.39, 0.29) is 25.1 Å². The standard InChI is InChI=1S/C28H36N2O6.ClH/c1-32-25-15-21-9-13-30(28(31)23(21)17-26(25)33-2)12-8-20-5-3-10-29(18-20)11-4-14-34-22-6-7-24-27(16-22)36-19-35-24;/h6-7,15-17,20H,3-5,8-14,18-19H2,1-2H3;1H. The number of hydrogen-bond acceptors (Lipinski definition) is 7. The number of likely N-dealkylation sites (tertiary alicyclic amines) is 1. The Labute approximate surface area is 225 Å². The molecule has 3 heterocycles. The maximum Gasteiger partial charge on any atom is 0.254 e. The van der Waals surface area contributed by atoms with E-state index in [1.54, 1.807) is 14.2 Å². The molecule has 0 spiro atoms. The molecule has 8 nitrogen and oxygen atoms in total. The van der Waals surface area contributed by atoms with Crippen LogP contribution in [-0.4, -0.2) is 76.1 Å². The van der Waals surface area contributed by atoms with Crippen molar-refractivity contribution in [2.75, 3.05) is 60.3 Å². The number of piperidine rings is 1. The number of rotatable bonds is 10. The Bertz CT molecular complexity index is 1080. The van der Waals surface area contributed by atoms with Crippen molar-refractivity contribution < 1.29 is 28.5 Å². The summed E-state index contributed by atoms with van der Waals surface area (Å²) < 4.78 is 27.5. The fourth-order valence-electron chi connectivity index (χ4n) is 5.44. The lowest BCUT2D eigenvalue weighted by Gasteiger charge is -2.35. The van der Waals surface area contributed by atoms with E-state index in [0.29, 0.717) is 24.0 Å². The van der Waals surface area contributed by atoms with Crippen molar-refractivity contribution in [3.8, 4) is 28.7 Å². The number of amides is 1. The van der Waals surface area contributed by atoms with Gasteiger partial charge >= 0.3 is 0 Å². The van der Waals surface area contributed by atoms with Gasteiger partial charge in [0.1, 0.15) is 5.75 Å². The Balaban J connectivity index is 0.00000320. The number of nitrogens with zero attached hydrogens (tertiary/aromatic N) is 2. The van der Waals surface area contributed by atoms with Crippen LogP contribution in [0.3, 0.4) is 0 Å². The summed E-state index contributed by atoms with van der Waals surface area (Å²) in [6.45, 7) is 5.77. The van der Waals surface area contributed by atoms with E-state index in [1.165, 1.54) is 12.8 Å². The molecule has 202 valence electrons. The van der Waals surface area contributed by atoms with Crippen LogP contribution in [0.1, 0.15) is 41.6 Å². The minimum atomic E-state index is 0. The molecule has 37 heavy (non-hydrogen) atoms. The fraction of sp³-hybridized carbons (Fsp3) is 0.536. The van der Waals surface area contributed by atoms with Crippen LogP contribution in [0.15, 0.2) is 30.3 Å². The monoisotopic (exact) mass is 532 g/mol. The van der Waals surface area contributed by atoms with E-state index in [2.05, 4.69) is 4.90 Å². The van der Waals surface area contributed by atoms with Crippen LogP contribution in [-0.2, 0) is 6.42 Å². The third-order valence-corrected chi connectivity index (χ3v) is 7.42. The second-order valence-corrected chi connectivity index (χ2v) is 9.72. The Morgan fingerprint density at radius 1 is 1.00 bits per heavy atom. The Hall–Kier alpha value is -2.84. The Morgan fingerprint density at radius 2 is 1.81 bits per heavy atom. The third-order valence-electron chi connectivity index (χ3n) is 7.42. The molecule has 0 radical (unpaired) electrons. The maximum atomic E-state index is 13.2. The molecule has 1 amide bonds. The van der Waals surface area contributed by atoms with Crippen LogP contribution in [0.25, 0.3) is 0 Å². The molecule has 3 aliphatic heterocycles. The first-order valence-electron chi connectivity index (χ1n) is 12.9. The molecule has 0 saturated carbocycles. The predicted octanol–water partition coefficient (Wildman–Crippen LogP) is 4.42. The van der Waals surface area contributed by atoms with Gasteiger partial charge in [0.25, 0.3) is 5.91 Å². The molecule has 2 aromatic rings. The highest BCUT2D eigenvalue weighted by molar-refractivity contribution is 5.97. The zero-order valence-corrected chi connectivity index (χ0v) is 22.5. The molecule has 2 aromatic carbocycles. The summed E-state index contributed by atoms with van der Waals surface area (Å²) >= 11 is 0. The minimum absolute atomic E-state index is 0. The predicted molar refractivity (Wildman–Crippen MR) is 143 cm³/mol. The largest absolute Gasteiger partial charge is 0.493 e. The number of halogens is 1. The molecule has 1 unspecified atom stereocenters. The van der Waals surface area contributed by atoms with Gasteiger partial charge in [0, 0.05) is 37.8 Å². The van der Waals surface area contributed by atoms with E-state index in [9.17, 15) is 4.79 Å². The first-order chi connectivity index (χ1) is 17.6. The van der Waals surface area contributed by atoms with Gasteiger partial charge in [-0.1, -0.05) is 0 Å². The lowest BCUT2D eigenvalue weighted by Crippen LogP contribution is -2.41. The van der Waals surface area contributed by atoms with Gasteiger partial charge in [0.2, 0.25) is 6.79 Å². The van der Waals surface area contributed by atoms with Gasteiger partial charge in [-0.3, -0.25) is 4.79 Å². The summed E-state index contributed by atoms with van der Waals surface area (Å²) in [7, 11) is 3.23. The van der Waals surface area contributed by atoms with Crippen LogP contribution < -0.4 is 23.7 Å². The highest BCUT2D eigenvalue weighted by atomic mass is 35.5. The molecule has 9 heteroatoms. The van der Waals surface area contributed by atoms with E-state index in [0.717, 1.165) is 80.4 Å². The average Bonchev–Trinajstić information content (AvgIpc) is 3.38. The molecular weight excluding hydrogens is 496 g/mol. The van der Waals surface area contributed by atoms with Crippen LogP contribution >= 0.6 is 12.4 Å². The minimum Gasteiger partial charge on any atom is -0.493 e. The lowest BCUT2D eigenvalue weighted by atomic mass is 9.93. The van der Waals surface area contributed by atoms with Crippen molar-refractivity contribution in [2.24, 2.45) is 5.92 Å². The number of ether oxygens (including phenoxy) is 5. The zero-order chi connectivity index (χ0) is 24.9. The topological polar surface area (TPSA) is 69.7 Å². The number of benzene rings is 2. The molecule has 1 saturated heterocycles. The highest BCUT2D eigenvalue weighted by Gasteiger charge is 2.28. The second-order valence-electron chi connectivity index (χ2n) is 9.72. The third kappa shape index (κ3) is 6.36. The zero-order valence-electron chi connectivity index (χ0n) is 21.7. The van der Waals surface area contributed by atoms with Crippen LogP contribution in [0.4, 0.5) is 0 Å². The van der Waals surface area contributed by atoms with Gasteiger partial charge in [0.05, 0.1) is 20.8 Å². The maximum absolute atomic E-state index is 13.2. The van der Waals surface area contributed by atoms with Gasteiger partial charge in [0.15, 0.2) is 23.0 Å². The Kier molecular flexibility index (Phi) is 9.27. The molecular formula is C28H37ClN2O6. The van der Waals surface area contributed by atoms with Gasteiger partial charge in [-0.15, -0.1) is 12.4 Å². The summed E-state index contributed by atoms with van der Waals surface area (Å²) in [5.41, 5.74) is 1.78. The molecule has 5 rings (SSSR count). The van der Waals surface area contributed by atoms with Crippen molar-refractivity contribution in [1.29, 1.82) is 0 Å². The summed E-state index contributed by atoms with van der Waals surface area (Å²) in [5, 5.41) is 0. The summed E-state index contributed by atoms with van der Waals surface area (Å²) in [6, 6.07) is 9.49. The van der Waals surface area contributed by atoms with Gasteiger partial charge < -0.3 is 33.5 Å². The van der Waals surface area contributed by atoms with Crippen molar-refractivity contribution in [2.45, 2.75) is 32.1 Å². The molecule has 0 aliphatic carbocycles. The summed E-state index contributed by atoms with van der Waals surface area (Å²) in [5.74, 6) is 4.36. The number of hydrogen-bond donors (Lipinski definition) is 0. The average molecular weight is 533 g/mol. The molecule has 3 aliphatic rings. The highest BCUT2D eigenvalue weighted by Crippen LogP contribution is 2.35. The quantitative estimate of drug-likeness (QED) is 0.419. The van der Waals surface area contributed by atoms with Crippen molar-refractivity contribution in [3.05, 3.63) is 41.5 Å². The number of methoxy groups -OCH3 is 2. The molecule has 0 bridgehead atoms. The normalized spacial score (nSPS) is 18.7. The van der Waals surface area contributed by atoms with E-state index < -0.39 is 0 Å². The second kappa shape index (κ2) is 12.6. The van der Waals surface area contributed by atoms with Crippen molar-refractivity contribution in [1.82, 2.24) is 9.80 Å². The lowest BCUT2D eigenvalue weighted by molar-refractivity contribution is 0.0713. The van der Waals surface area contributed by atoms with E-state index >= 15 is 0 Å². The van der Waals surface area contributed by atoms with Crippen LogP contribution in [0.5, 0.6) is 28.7 Å². The molecule has 0 aromatic heterocycles. The number of fused-ring (bicyclic) bond motifs is 2. The van der Waals surface area contributed by atoms with E-state index in [1.807, 2.05) is 35.2 Å². The van der Waals surface area contributed by atoms with Crippen LogP contribution in [0, 0.1) is 5.92 Å². The summed E-state index contributed by atoms with van der Waals surface area (Å²) in [6.07, 6.45) is 5.31. The fourth-order valence-corrected chi connectivity index (χ4v) is 5.44. The van der Waals surface area contributed by atoms with Gasteiger partial charge in [-0.2, -0.15) is 0 Å². The molecule has 1 atom stereocenters. The molecule has 1 fully saturated rings. The van der Waals surface area contributed by atoms with Crippen molar-refractivity contribution >= 4 is 18.3 Å². The first kappa shape index (κ1) is 27.2. The first-order valence-corrected chi connectivity index (χ1v) is 12.9. The molecule has 0 N–H and O–H groups in total. The van der Waals surface area contributed by atoms with E-state index in [4.69, 9.17) is 23.7 Å². The SMILES string of the molecule is COc1cc2c(cc1OC)C(=O)N(CCC1CCCN(CCCOc3ccc4c(c3)OCO4)C1)CC2.Cl.